The Labute approximate surface area is 123 Å². The molecule has 2 aromatic heterocycles. The first-order valence-corrected chi connectivity index (χ1v) is 7.71. The number of thiophene rings is 1. The molecule has 0 spiro atoms. The highest BCUT2D eigenvalue weighted by Gasteiger charge is 2.18. The maximum absolute atomic E-state index is 6.27. The van der Waals surface area contributed by atoms with Crippen molar-refractivity contribution in [3.63, 3.8) is 0 Å². The highest BCUT2D eigenvalue weighted by atomic mass is 35.5. The van der Waals surface area contributed by atoms with Gasteiger partial charge in [-0.1, -0.05) is 31.5 Å². The molecule has 104 valence electrons. The summed E-state index contributed by atoms with van der Waals surface area (Å²) in [5, 5.41) is 10.8. The highest BCUT2D eigenvalue weighted by Crippen LogP contribution is 2.27. The number of nitrogens with one attached hydrogen (secondary N) is 1. The van der Waals surface area contributed by atoms with Crippen molar-refractivity contribution in [2.45, 2.75) is 33.4 Å². The number of rotatable bonds is 5. The van der Waals surface area contributed by atoms with Crippen LogP contribution in [-0.4, -0.2) is 9.78 Å². The van der Waals surface area contributed by atoms with Gasteiger partial charge in [-0.05, 0) is 24.3 Å². The molecular weight excluding hydrogens is 278 g/mol. The lowest BCUT2D eigenvalue weighted by Crippen LogP contribution is -2.24. The average Bonchev–Trinajstić information content (AvgIpc) is 2.93. The summed E-state index contributed by atoms with van der Waals surface area (Å²) >= 11 is 8.06. The summed E-state index contributed by atoms with van der Waals surface area (Å²) in [6, 6.07) is 4.63. The zero-order valence-corrected chi connectivity index (χ0v) is 13.3. The van der Waals surface area contributed by atoms with Crippen LogP contribution in [-0.2, 0) is 13.6 Å². The second kappa shape index (κ2) is 6.07. The van der Waals surface area contributed by atoms with Crippen LogP contribution < -0.4 is 5.32 Å². The molecule has 2 rings (SSSR count). The van der Waals surface area contributed by atoms with Crippen molar-refractivity contribution in [3.05, 3.63) is 38.8 Å². The smallest absolute Gasteiger partial charge is 0.131 e. The molecule has 2 aromatic rings. The summed E-state index contributed by atoms with van der Waals surface area (Å²) in [7, 11) is 1.87. The molecule has 0 saturated carbocycles. The molecule has 0 amide bonds. The molecule has 3 nitrogen and oxygen atoms in total. The quantitative estimate of drug-likeness (QED) is 0.906. The number of halogens is 1. The Balaban J connectivity index is 2.11. The molecule has 2 heterocycles. The van der Waals surface area contributed by atoms with Crippen LogP contribution in [0, 0.1) is 12.8 Å². The monoisotopic (exact) mass is 297 g/mol. The summed E-state index contributed by atoms with van der Waals surface area (Å²) in [5.41, 5.74) is 2.08. The second-order valence-corrected chi connectivity index (χ2v) is 6.43. The maximum Gasteiger partial charge on any atom is 0.131 e. The molecule has 19 heavy (non-hydrogen) atoms. The summed E-state index contributed by atoms with van der Waals surface area (Å²) < 4.78 is 1.73. The van der Waals surface area contributed by atoms with E-state index in [1.807, 2.05) is 14.0 Å². The third-order valence-corrected chi connectivity index (χ3v) is 4.71. The average molecular weight is 298 g/mol. The molecule has 0 fully saturated rings. The van der Waals surface area contributed by atoms with Gasteiger partial charge in [0.15, 0.2) is 0 Å². The van der Waals surface area contributed by atoms with E-state index >= 15 is 0 Å². The molecule has 0 aliphatic rings. The van der Waals surface area contributed by atoms with Crippen LogP contribution in [0.2, 0.25) is 5.15 Å². The van der Waals surface area contributed by atoms with Crippen LogP contribution in [0.3, 0.4) is 0 Å². The Bertz CT molecular complexity index is 531. The van der Waals surface area contributed by atoms with Gasteiger partial charge in [0.1, 0.15) is 5.15 Å². The van der Waals surface area contributed by atoms with Crippen LogP contribution in [0.15, 0.2) is 17.5 Å². The number of aryl methyl sites for hydroxylation is 2. The molecule has 0 bridgehead atoms. The molecule has 1 atom stereocenters. The molecule has 1 unspecified atom stereocenters. The number of nitrogens with zero attached hydrogens (tertiary/aromatic N) is 2. The van der Waals surface area contributed by atoms with Crippen molar-refractivity contribution in [2.24, 2.45) is 13.0 Å². The normalized spacial score (nSPS) is 13.2. The van der Waals surface area contributed by atoms with Crippen LogP contribution in [0.1, 0.15) is 36.0 Å². The van der Waals surface area contributed by atoms with E-state index in [-0.39, 0.29) is 0 Å². The Kier molecular flexibility index (Phi) is 4.66. The van der Waals surface area contributed by atoms with Gasteiger partial charge in [0.25, 0.3) is 0 Å². The van der Waals surface area contributed by atoms with Crippen molar-refractivity contribution >= 4 is 22.9 Å². The fourth-order valence-electron chi connectivity index (χ4n) is 2.22. The third-order valence-electron chi connectivity index (χ3n) is 3.28. The molecule has 0 aliphatic carbocycles. The van der Waals surface area contributed by atoms with Crippen LogP contribution in [0.4, 0.5) is 0 Å². The Morgan fingerprint density at radius 3 is 2.68 bits per heavy atom. The molecule has 0 aromatic carbocycles. The van der Waals surface area contributed by atoms with Crippen molar-refractivity contribution < 1.29 is 0 Å². The van der Waals surface area contributed by atoms with Crippen molar-refractivity contribution in [1.29, 1.82) is 0 Å². The fourth-order valence-corrected chi connectivity index (χ4v) is 3.43. The van der Waals surface area contributed by atoms with Gasteiger partial charge in [-0.25, -0.2) is 0 Å². The Morgan fingerprint density at radius 1 is 1.47 bits per heavy atom. The van der Waals surface area contributed by atoms with E-state index in [0.717, 1.165) is 23.0 Å². The zero-order chi connectivity index (χ0) is 14.0. The lowest BCUT2D eigenvalue weighted by molar-refractivity contribution is 0.416. The summed E-state index contributed by atoms with van der Waals surface area (Å²) in [6.45, 7) is 7.21. The summed E-state index contributed by atoms with van der Waals surface area (Å²) in [5.74, 6) is 0.536. The van der Waals surface area contributed by atoms with Gasteiger partial charge in [-0.3, -0.25) is 4.68 Å². The summed E-state index contributed by atoms with van der Waals surface area (Å²) in [4.78, 5) is 1.37. The van der Waals surface area contributed by atoms with Gasteiger partial charge in [-0.15, -0.1) is 11.3 Å². The lowest BCUT2D eigenvalue weighted by Gasteiger charge is -2.21. The van der Waals surface area contributed by atoms with E-state index in [1.165, 1.54) is 4.88 Å². The van der Waals surface area contributed by atoms with E-state index < -0.39 is 0 Å². The molecule has 0 aliphatic heterocycles. The van der Waals surface area contributed by atoms with E-state index in [2.05, 4.69) is 41.8 Å². The van der Waals surface area contributed by atoms with Gasteiger partial charge in [-0.2, -0.15) is 5.10 Å². The first kappa shape index (κ1) is 14.6. The van der Waals surface area contributed by atoms with Gasteiger partial charge in [0.05, 0.1) is 5.69 Å². The molecule has 5 heteroatoms. The lowest BCUT2D eigenvalue weighted by atomic mass is 10.0. The molecular formula is C14H20ClN3S. The molecule has 0 radical (unpaired) electrons. The number of hydrogen-bond acceptors (Lipinski definition) is 3. The number of aromatic nitrogens is 2. The van der Waals surface area contributed by atoms with Crippen molar-refractivity contribution in [1.82, 2.24) is 15.1 Å². The maximum atomic E-state index is 6.27. The SMILES string of the molecule is Cc1nn(C)c(Cl)c1CNC(c1cccs1)C(C)C. The predicted octanol–water partition coefficient (Wildman–Crippen LogP) is 3.93. The van der Waals surface area contributed by atoms with Gasteiger partial charge in [0.2, 0.25) is 0 Å². The topological polar surface area (TPSA) is 29.9 Å². The minimum Gasteiger partial charge on any atom is -0.305 e. The van der Waals surface area contributed by atoms with Crippen LogP contribution >= 0.6 is 22.9 Å². The molecule has 1 N–H and O–H groups in total. The standard InChI is InChI=1S/C14H20ClN3S/c1-9(2)13(12-6-5-7-19-12)16-8-11-10(3)17-18(4)14(11)15/h5-7,9,13,16H,8H2,1-4H3. The van der Waals surface area contributed by atoms with Gasteiger partial charge in [0, 0.05) is 30.1 Å². The van der Waals surface area contributed by atoms with Gasteiger partial charge < -0.3 is 5.32 Å². The molecule has 0 saturated heterocycles. The van der Waals surface area contributed by atoms with E-state index in [9.17, 15) is 0 Å². The fraction of sp³-hybridized carbons (Fsp3) is 0.500. The number of hydrogen-bond donors (Lipinski definition) is 1. The Morgan fingerprint density at radius 2 is 2.21 bits per heavy atom. The predicted molar refractivity (Wildman–Crippen MR) is 81.7 cm³/mol. The minimum absolute atomic E-state index is 0.357. The third kappa shape index (κ3) is 3.19. The van der Waals surface area contributed by atoms with Crippen LogP contribution in [0.5, 0.6) is 0 Å². The second-order valence-electron chi connectivity index (χ2n) is 5.10. The van der Waals surface area contributed by atoms with E-state index in [0.29, 0.717) is 12.0 Å². The van der Waals surface area contributed by atoms with E-state index in [4.69, 9.17) is 11.6 Å². The zero-order valence-electron chi connectivity index (χ0n) is 11.8. The highest BCUT2D eigenvalue weighted by molar-refractivity contribution is 7.10. The van der Waals surface area contributed by atoms with Crippen LogP contribution in [0.25, 0.3) is 0 Å². The Hall–Kier alpha value is -0.840. The summed E-state index contributed by atoms with van der Waals surface area (Å²) in [6.07, 6.45) is 0. The van der Waals surface area contributed by atoms with Gasteiger partial charge >= 0.3 is 0 Å². The first-order chi connectivity index (χ1) is 9.00. The van der Waals surface area contributed by atoms with Crippen molar-refractivity contribution in [3.8, 4) is 0 Å². The van der Waals surface area contributed by atoms with E-state index in [1.54, 1.807) is 16.0 Å². The minimum atomic E-state index is 0.357. The largest absolute Gasteiger partial charge is 0.305 e. The van der Waals surface area contributed by atoms with Crippen molar-refractivity contribution in [2.75, 3.05) is 0 Å². The first-order valence-electron chi connectivity index (χ1n) is 6.45.